The maximum atomic E-state index is 12.3. The van der Waals surface area contributed by atoms with Crippen LogP contribution in [0.4, 0.5) is 0 Å². The predicted molar refractivity (Wildman–Crippen MR) is 96.0 cm³/mol. The molecular formula is C19H32N4O. The van der Waals surface area contributed by atoms with Crippen molar-refractivity contribution in [3.05, 3.63) is 17.0 Å². The van der Waals surface area contributed by atoms with Gasteiger partial charge in [-0.3, -0.25) is 14.4 Å². The average Bonchev–Trinajstić information content (AvgIpc) is 3.20. The molecule has 3 rings (SSSR count). The van der Waals surface area contributed by atoms with Crippen molar-refractivity contribution in [3.63, 3.8) is 0 Å². The summed E-state index contributed by atoms with van der Waals surface area (Å²) in [5.41, 5.74) is 3.54. The molecule has 1 aromatic heterocycles. The Morgan fingerprint density at radius 2 is 2.04 bits per heavy atom. The lowest BCUT2D eigenvalue weighted by Crippen LogP contribution is -2.37. The second-order valence-corrected chi connectivity index (χ2v) is 8.00. The third-order valence-electron chi connectivity index (χ3n) is 5.32. The van der Waals surface area contributed by atoms with Crippen LogP contribution in [0.2, 0.25) is 0 Å². The number of carbonyl (C=O) groups excluding carboxylic acids is 1. The van der Waals surface area contributed by atoms with E-state index in [9.17, 15) is 4.79 Å². The Balaban J connectivity index is 1.48. The van der Waals surface area contributed by atoms with Crippen LogP contribution in [0.25, 0.3) is 0 Å². The molecule has 0 radical (unpaired) electrons. The lowest BCUT2D eigenvalue weighted by Gasteiger charge is -2.15. The molecule has 1 N–H and O–H groups in total. The molecule has 0 aromatic carbocycles. The Hall–Kier alpha value is -1.36. The van der Waals surface area contributed by atoms with Crippen molar-refractivity contribution in [2.45, 2.75) is 78.4 Å². The summed E-state index contributed by atoms with van der Waals surface area (Å²) in [6, 6.07) is 1.16. The standard InChI is InChI=1S/C19H32N4O/c1-13(2)11-23-15(4)18(14(3)21-23)7-8-19(24)20-16-9-10-22(12-16)17-5-6-17/h13,16-17H,5-12H2,1-4H3,(H,20,24). The zero-order valence-corrected chi connectivity index (χ0v) is 15.6. The van der Waals surface area contributed by atoms with E-state index in [1.165, 1.54) is 24.1 Å². The van der Waals surface area contributed by atoms with Crippen LogP contribution in [-0.4, -0.2) is 45.8 Å². The predicted octanol–water partition coefficient (Wildman–Crippen LogP) is 2.44. The summed E-state index contributed by atoms with van der Waals surface area (Å²) < 4.78 is 2.09. The summed E-state index contributed by atoms with van der Waals surface area (Å²) >= 11 is 0. The molecule has 1 atom stereocenters. The Bertz CT molecular complexity index is 588. The maximum absolute atomic E-state index is 12.3. The third-order valence-corrected chi connectivity index (χ3v) is 5.32. The Morgan fingerprint density at radius 3 is 2.71 bits per heavy atom. The second-order valence-electron chi connectivity index (χ2n) is 8.00. The summed E-state index contributed by atoms with van der Waals surface area (Å²) in [5.74, 6) is 0.768. The number of hydrogen-bond acceptors (Lipinski definition) is 3. The van der Waals surface area contributed by atoms with Gasteiger partial charge in [-0.1, -0.05) is 13.8 Å². The Labute approximate surface area is 145 Å². The number of nitrogens with zero attached hydrogens (tertiary/aromatic N) is 3. The number of amides is 1. The fraction of sp³-hybridized carbons (Fsp3) is 0.789. The number of aromatic nitrogens is 2. The minimum Gasteiger partial charge on any atom is -0.352 e. The smallest absolute Gasteiger partial charge is 0.220 e. The molecule has 2 aliphatic rings. The summed E-state index contributed by atoms with van der Waals surface area (Å²) in [7, 11) is 0. The van der Waals surface area contributed by atoms with Gasteiger partial charge in [0.2, 0.25) is 5.91 Å². The minimum atomic E-state index is 0.188. The first-order valence-corrected chi connectivity index (χ1v) is 9.50. The highest BCUT2D eigenvalue weighted by molar-refractivity contribution is 5.76. The van der Waals surface area contributed by atoms with E-state index in [0.29, 0.717) is 18.4 Å². The fourth-order valence-electron chi connectivity index (χ4n) is 3.83. The number of likely N-dealkylation sites (tertiary alicyclic amines) is 1. The van der Waals surface area contributed by atoms with E-state index in [4.69, 9.17) is 0 Å². The highest BCUT2D eigenvalue weighted by atomic mass is 16.1. The van der Waals surface area contributed by atoms with Crippen LogP contribution in [0.1, 0.15) is 56.5 Å². The van der Waals surface area contributed by atoms with Crippen LogP contribution in [0, 0.1) is 19.8 Å². The van der Waals surface area contributed by atoms with Crippen molar-refractivity contribution < 1.29 is 4.79 Å². The van der Waals surface area contributed by atoms with E-state index >= 15 is 0 Å². The van der Waals surface area contributed by atoms with Crippen LogP contribution in [-0.2, 0) is 17.8 Å². The first-order chi connectivity index (χ1) is 11.4. The Morgan fingerprint density at radius 1 is 1.29 bits per heavy atom. The van der Waals surface area contributed by atoms with Gasteiger partial charge in [0, 0.05) is 43.8 Å². The zero-order chi connectivity index (χ0) is 17.3. The lowest BCUT2D eigenvalue weighted by atomic mass is 10.1. The third kappa shape index (κ3) is 4.18. The zero-order valence-electron chi connectivity index (χ0n) is 15.6. The molecule has 1 saturated heterocycles. The highest BCUT2D eigenvalue weighted by Crippen LogP contribution is 2.29. The van der Waals surface area contributed by atoms with Gasteiger partial charge in [-0.2, -0.15) is 5.10 Å². The molecule has 1 aromatic rings. The van der Waals surface area contributed by atoms with Gasteiger partial charge in [0.05, 0.1) is 5.69 Å². The molecule has 5 heteroatoms. The summed E-state index contributed by atoms with van der Waals surface area (Å²) in [6.45, 7) is 11.7. The molecule has 2 heterocycles. The van der Waals surface area contributed by atoms with E-state index < -0.39 is 0 Å². The topological polar surface area (TPSA) is 50.2 Å². The van der Waals surface area contributed by atoms with Crippen molar-refractivity contribution in [2.24, 2.45) is 5.92 Å². The maximum Gasteiger partial charge on any atom is 0.220 e. The first-order valence-electron chi connectivity index (χ1n) is 9.50. The van der Waals surface area contributed by atoms with Crippen molar-refractivity contribution in [3.8, 4) is 0 Å². The van der Waals surface area contributed by atoms with Gasteiger partial charge in [-0.15, -0.1) is 0 Å². The molecule has 24 heavy (non-hydrogen) atoms. The van der Waals surface area contributed by atoms with Crippen molar-refractivity contribution in [1.29, 1.82) is 0 Å². The molecule has 5 nitrogen and oxygen atoms in total. The molecule has 2 fully saturated rings. The number of hydrogen-bond donors (Lipinski definition) is 1. The molecular weight excluding hydrogens is 300 g/mol. The lowest BCUT2D eigenvalue weighted by molar-refractivity contribution is -0.121. The summed E-state index contributed by atoms with van der Waals surface area (Å²) in [5, 5.41) is 7.88. The van der Waals surface area contributed by atoms with Gasteiger partial charge in [-0.25, -0.2) is 0 Å². The first kappa shape index (κ1) is 17.5. The van der Waals surface area contributed by atoms with Crippen LogP contribution >= 0.6 is 0 Å². The normalized spacial score (nSPS) is 21.6. The van der Waals surface area contributed by atoms with Crippen molar-refractivity contribution in [2.75, 3.05) is 13.1 Å². The largest absolute Gasteiger partial charge is 0.352 e. The van der Waals surface area contributed by atoms with Crippen LogP contribution < -0.4 is 5.32 Å². The number of carbonyl (C=O) groups is 1. The van der Waals surface area contributed by atoms with E-state index in [1.807, 2.05) is 0 Å². The summed E-state index contributed by atoms with van der Waals surface area (Å²) in [6.07, 6.45) is 5.15. The van der Waals surface area contributed by atoms with Crippen LogP contribution in [0.15, 0.2) is 0 Å². The highest BCUT2D eigenvalue weighted by Gasteiger charge is 2.34. The average molecular weight is 332 g/mol. The quantitative estimate of drug-likeness (QED) is 0.834. The van der Waals surface area contributed by atoms with E-state index in [-0.39, 0.29) is 5.91 Å². The van der Waals surface area contributed by atoms with E-state index in [2.05, 4.69) is 47.7 Å². The minimum absolute atomic E-state index is 0.188. The molecule has 134 valence electrons. The van der Waals surface area contributed by atoms with Crippen LogP contribution in [0.5, 0.6) is 0 Å². The van der Waals surface area contributed by atoms with Crippen LogP contribution in [0.3, 0.4) is 0 Å². The molecule has 1 unspecified atom stereocenters. The molecule has 0 bridgehead atoms. The number of rotatable bonds is 7. The van der Waals surface area contributed by atoms with Gasteiger partial charge in [-0.05, 0) is 51.0 Å². The molecule has 1 aliphatic heterocycles. The molecule has 1 saturated carbocycles. The molecule has 1 amide bonds. The second kappa shape index (κ2) is 7.26. The fourth-order valence-corrected chi connectivity index (χ4v) is 3.83. The Kier molecular flexibility index (Phi) is 5.28. The van der Waals surface area contributed by atoms with Gasteiger partial charge >= 0.3 is 0 Å². The molecule has 0 spiro atoms. The van der Waals surface area contributed by atoms with Crippen molar-refractivity contribution in [1.82, 2.24) is 20.0 Å². The van der Waals surface area contributed by atoms with E-state index in [0.717, 1.165) is 44.2 Å². The summed E-state index contributed by atoms with van der Waals surface area (Å²) in [4.78, 5) is 14.9. The van der Waals surface area contributed by atoms with Gasteiger partial charge in [0.15, 0.2) is 0 Å². The van der Waals surface area contributed by atoms with Gasteiger partial charge in [0.25, 0.3) is 0 Å². The number of nitrogens with one attached hydrogen (secondary N) is 1. The number of aryl methyl sites for hydroxylation is 1. The van der Waals surface area contributed by atoms with Gasteiger partial charge in [0.1, 0.15) is 0 Å². The van der Waals surface area contributed by atoms with E-state index in [1.54, 1.807) is 0 Å². The monoisotopic (exact) mass is 332 g/mol. The van der Waals surface area contributed by atoms with Gasteiger partial charge < -0.3 is 5.32 Å². The molecule has 1 aliphatic carbocycles. The SMILES string of the molecule is Cc1nn(CC(C)C)c(C)c1CCC(=O)NC1CCN(C2CC2)C1. The van der Waals surface area contributed by atoms with Crippen molar-refractivity contribution >= 4 is 5.91 Å².